The van der Waals surface area contributed by atoms with Gasteiger partial charge in [0.25, 0.3) is 15.9 Å². The Morgan fingerprint density at radius 3 is 2.39 bits per heavy atom. The van der Waals surface area contributed by atoms with Crippen LogP contribution in [0.15, 0.2) is 59.6 Å². The number of aliphatic hydroxyl groups is 1. The fraction of sp³-hybridized carbons (Fsp3) is 0.281. The van der Waals surface area contributed by atoms with Crippen molar-refractivity contribution in [1.82, 2.24) is 19.5 Å². The maximum atomic E-state index is 14.4. The number of carbonyl (C=O) groups is 4. The number of hydrogen-bond acceptors (Lipinski definition) is 9. The molecule has 0 spiro atoms. The van der Waals surface area contributed by atoms with Crippen molar-refractivity contribution in [3.8, 4) is 0 Å². The van der Waals surface area contributed by atoms with Gasteiger partial charge in [-0.2, -0.15) is 5.10 Å². The van der Waals surface area contributed by atoms with Gasteiger partial charge in [-0.1, -0.05) is 35.9 Å². The molecule has 4 aromatic rings. The fourth-order valence-electron chi connectivity index (χ4n) is 5.67. The summed E-state index contributed by atoms with van der Waals surface area (Å²) in [6.07, 6.45) is 0.475. The van der Waals surface area contributed by atoms with Crippen molar-refractivity contribution in [2.45, 2.75) is 57.1 Å². The molecular formula is C32H31N5O8S. The van der Waals surface area contributed by atoms with E-state index in [2.05, 4.69) is 15.5 Å². The van der Waals surface area contributed by atoms with E-state index in [0.717, 1.165) is 14.4 Å². The number of carbonyl (C=O) groups excluding carboxylic acids is 4. The molecule has 2 aromatic heterocycles. The molecule has 0 saturated carbocycles. The summed E-state index contributed by atoms with van der Waals surface area (Å²) in [6, 6.07) is 12.4. The van der Waals surface area contributed by atoms with Crippen LogP contribution in [0.2, 0.25) is 0 Å². The fourth-order valence-corrected chi connectivity index (χ4v) is 7.05. The number of aromatic nitrogens is 3. The molecule has 13 nitrogen and oxygen atoms in total. The molecule has 46 heavy (non-hydrogen) atoms. The molecule has 3 N–H and O–H groups in total. The number of ether oxygens (including phenoxy) is 1. The topological polar surface area (TPSA) is 181 Å². The first-order valence-electron chi connectivity index (χ1n) is 14.4. The molecule has 238 valence electrons. The lowest BCUT2D eigenvalue weighted by molar-refractivity contribution is -0.133. The zero-order valence-corrected chi connectivity index (χ0v) is 26.5. The standard InChI is InChI=1S/C32H31N5O8S/c1-17-10-12-19(13-11-17)46(43,44)36-16-18(14-15-33-30(41)45-31(2,3)4)22-25(36)27(39)23-24(26(22)38)34-35-28(23)37-21-9-7-6-8-20(21)32(5,42)29(37)40/h6-13,16,42H,14-15H2,1-5H3,(H,33,41)(H,34,35). The van der Waals surface area contributed by atoms with Gasteiger partial charge in [-0.15, -0.1) is 0 Å². The predicted molar refractivity (Wildman–Crippen MR) is 165 cm³/mol. The Morgan fingerprint density at radius 2 is 1.72 bits per heavy atom. The molecule has 6 rings (SSSR count). The largest absolute Gasteiger partial charge is 0.444 e. The molecule has 1 unspecified atom stereocenters. The van der Waals surface area contributed by atoms with Crippen molar-refractivity contribution in [1.29, 1.82) is 0 Å². The molecule has 1 aliphatic heterocycles. The van der Waals surface area contributed by atoms with E-state index in [1.54, 1.807) is 64.1 Å². The lowest BCUT2D eigenvalue weighted by Crippen LogP contribution is -2.36. The van der Waals surface area contributed by atoms with Crippen LogP contribution in [0.5, 0.6) is 0 Å². The number of nitrogens with one attached hydrogen (secondary N) is 2. The van der Waals surface area contributed by atoms with Crippen LogP contribution >= 0.6 is 0 Å². The van der Waals surface area contributed by atoms with E-state index in [1.807, 2.05) is 0 Å². The van der Waals surface area contributed by atoms with Crippen molar-refractivity contribution in [2.24, 2.45) is 0 Å². The van der Waals surface area contributed by atoms with E-state index >= 15 is 0 Å². The monoisotopic (exact) mass is 645 g/mol. The van der Waals surface area contributed by atoms with Gasteiger partial charge in [-0.3, -0.25) is 24.4 Å². The molecule has 0 radical (unpaired) electrons. The number of aryl methyl sites for hydroxylation is 1. The number of alkyl carbamates (subject to hydrolysis) is 1. The molecular weight excluding hydrogens is 614 g/mol. The van der Waals surface area contributed by atoms with Gasteiger partial charge >= 0.3 is 6.09 Å². The van der Waals surface area contributed by atoms with Gasteiger partial charge in [-0.25, -0.2) is 17.2 Å². The maximum absolute atomic E-state index is 14.4. The Bertz CT molecular complexity index is 2070. The first-order valence-corrected chi connectivity index (χ1v) is 15.9. The van der Waals surface area contributed by atoms with Gasteiger partial charge in [0.05, 0.1) is 21.7 Å². The van der Waals surface area contributed by atoms with E-state index in [4.69, 9.17) is 4.74 Å². The number of H-pyrrole nitrogens is 1. The normalized spacial score (nSPS) is 17.5. The van der Waals surface area contributed by atoms with E-state index < -0.39 is 50.5 Å². The van der Waals surface area contributed by atoms with E-state index in [9.17, 15) is 32.7 Å². The van der Waals surface area contributed by atoms with E-state index in [1.165, 1.54) is 25.3 Å². The average molecular weight is 646 g/mol. The van der Waals surface area contributed by atoms with Crippen LogP contribution < -0.4 is 10.2 Å². The number of aromatic amines is 1. The second-order valence-corrected chi connectivity index (χ2v) is 14.2. The van der Waals surface area contributed by atoms with Crippen LogP contribution in [0.1, 0.15) is 76.5 Å². The zero-order chi connectivity index (χ0) is 33.3. The van der Waals surface area contributed by atoms with Gasteiger partial charge in [0, 0.05) is 18.3 Å². The third kappa shape index (κ3) is 4.81. The summed E-state index contributed by atoms with van der Waals surface area (Å²) in [6.45, 7) is 8.18. The summed E-state index contributed by atoms with van der Waals surface area (Å²) in [7, 11) is -4.41. The molecule has 1 atom stereocenters. The van der Waals surface area contributed by atoms with E-state index in [0.29, 0.717) is 0 Å². The lowest BCUT2D eigenvalue weighted by atomic mass is 9.89. The summed E-state index contributed by atoms with van der Waals surface area (Å²) in [5, 5.41) is 20.4. The highest BCUT2D eigenvalue weighted by atomic mass is 32.2. The minimum atomic E-state index is -4.41. The van der Waals surface area contributed by atoms with Crippen LogP contribution in [0, 0.1) is 6.92 Å². The third-order valence-electron chi connectivity index (χ3n) is 7.84. The van der Waals surface area contributed by atoms with Crippen LogP contribution in [0.25, 0.3) is 0 Å². The first-order chi connectivity index (χ1) is 21.5. The number of anilines is 2. The van der Waals surface area contributed by atoms with Crippen LogP contribution in [-0.4, -0.2) is 63.4 Å². The number of rotatable bonds is 6. The summed E-state index contributed by atoms with van der Waals surface area (Å²) in [4.78, 5) is 55.1. The number of hydrogen-bond donors (Lipinski definition) is 3. The Morgan fingerprint density at radius 1 is 1.04 bits per heavy atom. The van der Waals surface area contributed by atoms with Gasteiger partial charge in [-0.05, 0) is 64.8 Å². The van der Waals surface area contributed by atoms with Gasteiger partial charge in [0.2, 0.25) is 11.6 Å². The molecule has 1 aliphatic carbocycles. The number of nitrogens with zero attached hydrogens (tertiary/aromatic N) is 3. The Hall–Kier alpha value is -5.08. The Labute approximate surface area is 264 Å². The number of ketones is 2. The maximum Gasteiger partial charge on any atom is 0.407 e. The molecule has 0 bridgehead atoms. The highest BCUT2D eigenvalue weighted by Gasteiger charge is 2.50. The molecule has 2 amide bonds. The second kappa shape index (κ2) is 10.5. The molecule has 14 heteroatoms. The molecule has 2 aliphatic rings. The van der Waals surface area contributed by atoms with Gasteiger partial charge in [0.15, 0.2) is 11.4 Å². The van der Waals surface area contributed by atoms with Crippen LogP contribution in [0.3, 0.4) is 0 Å². The van der Waals surface area contributed by atoms with E-state index in [-0.39, 0.29) is 57.3 Å². The zero-order valence-electron chi connectivity index (χ0n) is 25.7. The van der Waals surface area contributed by atoms with Gasteiger partial charge in [0.1, 0.15) is 17.0 Å². The summed E-state index contributed by atoms with van der Waals surface area (Å²) in [5.41, 5.74) is -2.32. The average Bonchev–Trinajstić information content (AvgIpc) is 3.64. The minimum absolute atomic E-state index is 0.0196. The minimum Gasteiger partial charge on any atom is -0.444 e. The molecule has 3 heterocycles. The predicted octanol–water partition coefficient (Wildman–Crippen LogP) is 3.49. The molecule has 0 fully saturated rings. The first kappa shape index (κ1) is 30.9. The highest BCUT2D eigenvalue weighted by molar-refractivity contribution is 7.90. The van der Waals surface area contributed by atoms with Crippen molar-refractivity contribution >= 4 is 45.1 Å². The smallest absolute Gasteiger partial charge is 0.407 e. The third-order valence-corrected chi connectivity index (χ3v) is 9.51. The summed E-state index contributed by atoms with van der Waals surface area (Å²) in [5.74, 6) is -2.64. The summed E-state index contributed by atoms with van der Waals surface area (Å²) < 4.78 is 34.0. The molecule has 2 aromatic carbocycles. The Balaban J connectivity index is 1.47. The van der Waals surface area contributed by atoms with Crippen molar-refractivity contribution in [2.75, 3.05) is 11.4 Å². The van der Waals surface area contributed by atoms with Crippen molar-refractivity contribution < 1.29 is 37.4 Å². The van der Waals surface area contributed by atoms with Gasteiger partial charge < -0.3 is 15.2 Å². The molecule has 0 saturated heterocycles. The van der Waals surface area contributed by atoms with Crippen LogP contribution in [0.4, 0.5) is 16.3 Å². The van der Waals surface area contributed by atoms with Crippen LogP contribution in [-0.2, 0) is 31.6 Å². The Kier molecular flexibility index (Phi) is 7.05. The lowest BCUT2D eigenvalue weighted by Gasteiger charge is -2.21. The highest BCUT2D eigenvalue weighted by Crippen LogP contribution is 2.46. The number of fused-ring (bicyclic) bond motifs is 3. The number of para-hydroxylation sites is 1. The van der Waals surface area contributed by atoms with Crippen molar-refractivity contribution in [3.63, 3.8) is 0 Å². The SMILES string of the molecule is Cc1ccc(S(=O)(=O)n2cc(CCNC(=O)OC(C)(C)C)c3c2C(=O)c2c(N4C(=O)C(C)(O)c5ccccc54)n[nH]c2C3=O)cc1. The number of benzene rings is 2. The summed E-state index contributed by atoms with van der Waals surface area (Å²) >= 11 is 0. The quantitative estimate of drug-likeness (QED) is 0.249. The second-order valence-electron chi connectivity index (χ2n) is 12.4. The number of amides is 2. The van der Waals surface area contributed by atoms with Crippen molar-refractivity contribution in [3.05, 3.63) is 93.9 Å².